The summed E-state index contributed by atoms with van der Waals surface area (Å²) in [4.78, 5) is 32.8. The first-order valence-corrected chi connectivity index (χ1v) is 13.0. The highest BCUT2D eigenvalue weighted by molar-refractivity contribution is 6.35. The Balaban J connectivity index is 1.46. The predicted octanol–water partition coefficient (Wildman–Crippen LogP) is 7.72. The average Bonchev–Trinajstić information content (AvgIpc) is 3.33. The molecule has 0 atom stereocenters. The van der Waals surface area contributed by atoms with Gasteiger partial charge in [0.25, 0.3) is 5.56 Å². The molecule has 0 aliphatic rings. The van der Waals surface area contributed by atoms with Crippen molar-refractivity contribution < 1.29 is 4.79 Å². The zero-order valence-corrected chi connectivity index (χ0v) is 20.6. The van der Waals surface area contributed by atoms with E-state index in [1.807, 2.05) is 48.5 Å². The first-order valence-electron chi connectivity index (χ1n) is 13.0. The van der Waals surface area contributed by atoms with Crippen LogP contribution in [0.25, 0.3) is 70.5 Å². The van der Waals surface area contributed by atoms with E-state index >= 15 is 0 Å². The van der Waals surface area contributed by atoms with E-state index in [0.29, 0.717) is 22.2 Å². The second kappa shape index (κ2) is 7.15. The molecule has 0 amide bonds. The smallest absolute Gasteiger partial charge is 0.264 e. The number of pyridine rings is 1. The normalized spacial score (nSPS) is 12.3. The third kappa shape index (κ3) is 2.51. The number of aromatic nitrogens is 2. The first-order chi connectivity index (χ1) is 19.2. The van der Waals surface area contributed by atoms with E-state index in [9.17, 15) is 9.59 Å². The molecule has 0 unspecified atom stereocenters. The second-order valence-corrected chi connectivity index (χ2v) is 10.2. The molecule has 180 valence electrons. The third-order valence-electron chi connectivity index (χ3n) is 8.30. The summed E-state index contributed by atoms with van der Waals surface area (Å²) in [7, 11) is 0. The molecular weight excluding hydrogens is 480 g/mol. The maximum absolute atomic E-state index is 14.2. The maximum atomic E-state index is 14.2. The number of ketones is 1. The molecule has 0 saturated heterocycles. The lowest BCUT2D eigenvalue weighted by Crippen LogP contribution is -2.17. The number of hydrogen-bond acceptors (Lipinski definition) is 3. The maximum Gasteiger partial charge on any atom is 0.264 e. The highest BCUT2D eigenvalue weighted by Crippen LogP contribution is 2.42. The number of fused-ring (bicyclic) bond motifs is 6. The van der Waals surface area contributed by atoms with Gasteiger partial charge in [-0.15, -0.1) is 0 Å². The molecule has 0 aliphatic carbocycles. The van der Waals surface area contributed by atoms with Gasteiger partial charge in [0.05, 0.1) is 11.0 Å². The van der Waals surface area contributed by atoms with Gasteiger partial charge in [-0.3, -0.25) is 14.0 Å². The molecule has 9 rings (SSSR count). The first kappa shape index (κ1) is 20.7. The molecule has 2 aromatic heterocycles. The topological polar surface area (TPSA) is 51.4 Å². The zero-order valence-electron chi connectivity index (χ0n) is 20.6. The van der Waals surface area contributed by atoms with Gasteiger partial charge in [-0.2, -0.15) is 0 Å². The Morgan fingerprint density at radius 1 is 0.538 bits per heavy atom. The summed E-state index contributed by atoms with van der Waals surface area (Å²) in [5.74, 6) is -0.0621. The molecule has 39 heavy (non-hydrogen) atoms. The van der Waals surface area contributed by atoms with E-state index in [1.54, 1.807) is 16.5 Å². The van der Waals surface area contributed by atoms with Crippen molar-refractivity contribution in [3.05, 3.63) is 131 Å². The van der Waals surface area contributed by atoms with E-state index in [-0.39, 0.29) is 11.3 Å². The fourth-order valence-corrected chi connectivity index (χ4v) is 6.64. The number of carbonyl (C=O) groups is 1. The van der Waals surface area contributed by atoms with Crippen molar-refractivity contribution in [3.8, 4) is 0 Å². The standard InChI is InChI=1S/C35H18N2O2/c38-33(19-7-2-1-3-8-19)25-13-14-27-30-22(25)11-6-12-26(30)34-36-28-17-15-23-20-9-4-5-10-21(20)24-16-18-29(32(28)31(23)24)37(34)35(27)39/h1-18H. The number of hydrogen-bond donors (Lipinski definition) is 0. The lowest BCUT2D eigenvalue weighted by atomic mass is 9.93. The predicted molar refractivity (Wildman–Crippen MR) is 159 cm³/mol. The van der Waals surface area contributed by atoms with Crippen LogP contribution in [-0.4, -0.2) is 15.2 Å². The monoisotopic (exact) mass is 498 g/mol. The quantitative estimate of drug-likeness (QED) is 0.139. The zero-order chi connectivity index (χ0) is 25.8. The van der Waals surface area contributed by atoms with Crippen molar-refractivity contribution in [2.24, 2.45) is 0 Å². The van der Waals surface area contributed by atoms with Crippen molar-refractivity contribution in [2.45, 2.75) is 0 Å². The van der Waals surface area contributed by atoms with Crippen LogP contribution in [0.2, 0.25) is 0 Å². The SMILES string of the molecule is O=C(c1ccccc1)c1ccc2c(=O)n3c4ccc5c6ccccc6c6ccc(nc3c3cccc1c23)c4c65. The van der Waals surface area contributed by atoms with Gasteiger partial charge in [0, 0.05) is 38.1 Å². The third-order valence-corrected chi connectivity index (χ3v) is 8.30. The second-order valence-electron chi connectivity index (χ2n) is 10.2. The Morgan fingerprint density at radius 2 is 1.21 bits per heavy atom. The molecule has 0 spiro atoms. The Kier molecular flexibility index (Phi) is 3.79. The summed E-state index contributed by atoms with van der Waals surface area (Å²) in [6.07, 6.45) is 0. The highest BCUT2D eigenvalue weighted by Gasteiger charge is 2.22. The van der Waals surface area contributed by atoms with Gasteiger partial charge in [-0.1, -0.05) is 84.9 Å². The fourth-order valence-electron chi connectivity index (χ4n) is 6.64. The van der Waals surface area contributed by atoms with Crippen LogP contribution in [0.4, 0.5) is 0 Å². The highest BCUT2D eigenvalue weighted by atomic mass is 16.1. The molecule has 0 fully saturated rings. The lowest BCUT2D eigenvalue weighted by molar-refractivity contribution is 0.104. The van der Waals surface area contributed by atoms with E-state index in [0.717, 1.165) is 38.0 Å². The number of rotatable bonds is 2. The Labute approximate surface area is 221 Å². The van der Waals surface area contributed by atoms with Gasteiger partial charge < -0.3 is 0 Å². The minimum Gasteiger partial charge on any atom is -0.289 e. The van der Waals surface area contributed by atoms with Gasteiger partial charge in [-0.25, -0.2) is 4.98 Å². The summed E-state index contributed by atoms with van der Waals surface area (Å²) >= 11 is 0. The van der Waals surface area contributed by atoms with Crippen LogP contribution in [0.5, 0.6) is 0 Å². The molecular formula is C35H18N2O2. The summed E-state index contributed by atoms with van der Waals surface area (Å²) < 4.78 is 1.76. The largest absolute Gasteiger partial charge is 0.289 e. The Bertz CT molecular complexity index is 2490. The van der Waals surface area contributed by atoms with Crippen LogP contribution in [0.15, 0.2) is 114 Å². The van der Waals surface area contributed by atoms with Crippen LogP contribution < -0.4 is 5.56 Å². The number of benzene rings is 6. The van der Waals surface area contributed by atoms with Gasteiger partial charge in [-0.05, 0) is 51.2 Å². The summed E-state index contributed by atoms with van der Waals surface area (Å²) in [6.45, 7) is 0. The van der Waals surface area contributed by atoms with Gasteiger partial charge in [0.2, 0.25) is 0 Å². The van der Waals surface area contributed by atoms with Gasteiger partial charge in [0.1, 0.15) is 5.65 Å². The molecule has 4 nitrogen and oxygen atoms in total. The molecule has 0 saturated carbocycles. The van der Waals surface area contributed by atoms with Crippen LogP contribution in [0.1, 0.15) is 15.9 Å². The molecule has 2 heterocycles. The van der Waals surface area contributed by atoms with E-state index in [4.69, 9.17) is 4.98 Å². The van der Waals surface area contributed by atoms with Crippen LogP contribution >= 0.6 is 0 Å². The molecule has 0 N–H and O–H groups in total. The minimum absolute atomic E-state index is 0.0621. The van der Waals surface area contributed by atoms with Crippen molar-refractivity contribution in [1.82, 2.24) is 9.38 Å². The Hall–Kier alpha value is -5.35. The Morgan fingerprint density at radius 3 is 2.00 bits per heavy atom. The van der Waals surface area contributed by atoms with E-state index in [1.165, 1.54) is 21.5 Å². The van der Waals surface area contributed by atoms with Crippen LogP contribution in [-0.2, 0) is 0 Å². The molecule has 0 radical (unpaired) electrons. The van der Waals surface area contributed by atoms with Crippen LogP contribution in [0, 0.1) is 0 Å². The van der Waals surface area contributed by atoms with E-state index < -0.39 is 0 Å². The van der Waals surface area contributed by atoms with Crippen molar-refractivity contribution in [3.63, 3.8) is 0 Å². The van der Waals surface area contributed by atoms with E-state index in [2.05, 4.69) is 48.5 Å². The van der Waals surface area contributed by atoms with Gasteiger partial charge in [0.15, 0.2) is 5.78 Å². The number of nitrogens with zero attached hydrogens (tertiary/aromatic N) is 2. The van der Waals surface area contributed by atoms with Crippen LogP contribution in [0.3, 0.4) is 0 Å². The molecule has 7 aromatic carbocycles. The average molecular weight is 499 g/mol. The fraction of sp³-hybridized carbons (Fsp3) is 0. The van der Waals surface area contributed by atoms with Crippen molar-refractivity contribution in [1.29, 1.82) is 0 Å². The molecule has 9 aromatic rings. The summed E-state index contributed by atoms with van der Waals surface area (Å²) in [5, 5.41) is 9.91. The number of carbonyl (C=O) groups excluding carboxylic acids is 1. The van der Waals surface area contributed by atoms with Crippen molar-refractivity contribution >= 4 is 76.3 Å². The summed E-state index contributed by atoms with van der Waals surface area (Å²) in [6, 6.07) is 35.6. The molecule has 0 aliphatic heterocycles. The molecule has 4 heteroatoms. The lowest BCUT2D eigenvalue weighted by Gasteiger charge is -2.15. The van der Waals surface area contributed by atoms with Crippen molar-refractivity contribution in [2.75, 3.05) is 0 Å². The summed E-state index contributed by atoms with van der Waals surface area (Å²) in [5.41, 5.74) is 3.39. The minimum atomic E-state index is -0.127. The van der Waals surface area contributed by atoms with Gasteiger partial charge >= 0.3 is 0 Å². The molecule has 0 bridgehead atoms.